The van der Waals surface area contributed by atoms with Gasteiger partial charge in [-0.05, 0) is 63.7 Å². The van der Waals surface area contributed by atoms with Crippen LogP contribution in [0.3, 0.4) is 0 Å². The topological polar surface area (TPSA) is 74.2 Å². The molecule has 0 aliphatic carbocycles. The minimum absolute atomic E-state index is 0.313. The monoisotopic (exact) mass is 329 g/mol. The van der Waals surface area contributed by atoms with Crippen molar-refractivity contribution in [1.29, 1.82) is 0 Å². The lowest BCUT2D eigenvalue weighted by molar-refractivity contribution is 0.120. The van der Waals surface area contributed by atoms with E-state index in [0.29, 0.717) is 12.5 Å². The highest BCUT2D eigenvalue weighted by Gasteiger charge is 2.18. The zero-order chi connectivity index (χ0) is 16.9. The van der Waals surface area contributed by atoms with Crippen molar-refractivity contribution in [3.05, 3.63) is 23.7 Å². The number of aliphatic hydroxyl groups excluding tert-OH is 1. The van der Waals surface area contributed by atoms with Crippen LogP contribution in [0, 0.1) is 19.8 Å². The van der Waals surface area contributed by atoms with Gasteiger partial charge in [0.15, 0.2) is 5.65 Å². The van der Waals surface area contributed by atoms with E-state index in [1.807, 2.05) is 6.92 Å². The third-order valence-corrected chi connectivity index (χ3v) is 4.73. The van der Waals surface area contributed by atoms with E-state index in [1.54, 1.807) is 6.33 Å². The van der Waals surface area contributed by atoms with Gasteiger partial charge >= 0.3 is 0 Å². The van der Waals surface area contributed by atoms with Crippen LogP contribution in [0.25, 0.3) is 11.0 Å². The molecular formula is C18H27N5O. The summed E-state index contributed by atoms with van der Waals surface area (Å²) in [7, 11) is 0. The fourth-order valence-corrected chi connectivity index (χ4v) is 3.56. The van der Waals surface area contributed by atoms with Crippen LogP contribution in [0.2, 0.25) is 0 Å². The highest BCUT2D eigenvalue weighted by atomic mass is 16.3. The van der Waals surface area contributed by atoms with Gasteiger partial charge in [0.2, 0.25) is 0 Å². The van der Waals surface area contributed by atoms with Crippen molar-refractivity contribution in [1.82, 2.24) is 19.9 Å². The minimum Gasteiger partial charge on any atom is -0.396 e. The fraction of sp³-hybridized carbons (Fsp3) is 0.611. The molecule has 24 heavy (non-hydrogen) atoms. The van der Waals surface area contributed by atoms with Crippen LogP contribution in [-0.2, 0) is 0 Å². The Hall–Kier alpha value is -1.79. The summed E-state index contributed by atoms with van der Waals surface area (Å²) >= 11 is 0. The van der Waals surface area contributed by atoms with Crippen molar-refractivity contribution >= 4 is 16.9 Å². The Labute approximate surface area is 143 Å². The second-order valence-corrected chi connectivity index (χ2v) is 6.77. The Morgan fingerprint density at radius 3 is 3.04 bits per heavy atom. The molecule has 2 aromatic rings. The summed E-state index contributed by atoms with van der Waals surface area (Å²) in [6.45, 7) is 8.48. The van der Waals surface area contributed by atoms with E-state index in [4.69, 9.17) is 0 Å². The van der Waals surface area contributed by atoms with Crippen molar-refractivity contribution in [2.75, 3.05) is 38.1 Å². The Bertz CT molecular complexity index is 690. The number of aliphatic hydroxyl groups is 1. The predicted octanol–water partition coefficient (Wildman–Crippen LogP) is 2.15. The van der Waals surface area contributed by atoms with Crippen LogP contribution in [0.1, 0.15) is 30.5 Å². The number of nitrogens with one attached hydrogen (secondary N) is 1. The number of aryl methyl sites for hydroxylation is 2. The molecule has 1 fully saturated rings. The lowest BCUT2D eigenvalue weighted by atomic mass is 9.99. The largest absolute Gasteiger partial charge is 0.396 e. The number of hydrogen-bond acceptors (Lipinski definition) is 6. The number of anilines is 1. The number of pyridine rings is 1. The smallest absolute Gasteiger partial charge is 0.165 e. The predicted molar refractivity (Wildman–Crippen MR) is 96.2 cm³/mol. The number of fused-ring (bicyclic) bond motifs is 1. The van der Waals surface area contributed by atoms with Crippen LogP contribution >= 0.6 is 0 Å². The molecule has 0 unspecified atom stereocenters. The molecule has 1 aliphatic heterocycles. The van der Waals surface area contributed by atoms with Gasteiger partial charge in [0.05, 0.1) is 5.39 Å². The van der Waals surface area contributed by atoms with Gasteiger partial charge in [-0.1, -0.05) is 0 Å². The molecule has 6 heteroatoms. The first-order valence-electron chi connectivity index (χ1n) is 8.83. The number of likely N-dealkylation sites (tertiary alicyclic amines) is 1. The maximum Gasteiger partial charge on any atom is 0.165 e. The van der Waals surface area contributed by atoms with Crippen molar-refractivity contribution in [2.24, 2.45) is 5.92 Å². The lowest BCUT2D eigenvalue weighted by Crippen LogP contribution is -2.37. The molecule has 0 saturated carbocycles. The van der Waals surface area contributed by atoms with Crippen LogP contribution < -0.4 is 5.32 Å². The van der Waals surface area contributed by atoms with Gasteiger partial charge in [0.1, 0.15) is 12.1 Å². The number of rotatable bonds is 6. The normalized spacial score (nSPS) is 18.9. The summed E-state index contributed by atoms with van der Waals surface area (Å²) in [4.78, 5) is 15.6. The van der Waals surface area contributed by atoms with E-state index < -0.39 is 0 Å². The zero-order valence-electron chi connectivity index (χ0n) is 14.6. The van der Waals surface area contributed by atoms with Crippen LogP contribution in [-0.4, -0.2) is 57.7 Å². The third kappa shape index (κ3) is 3.99. The summed E-state index contributed by atoms with van der Waals surface area (Å²) < 4.78 is 0. The molecule has 0 amide bonds. The maximum atomic E-state index is 9.32. The molecule has 1 atom stereocenters. The molecule has 3 heterocycles. The molecule has 0 bridgehead atoms. The van der Waals surface area contributed by atoms with Gasteiger partial charge in [-0.25, -0.2) is 15.0 Å². The van der Waals surface area contributed by atoms with Crippen molar-refractivity contribution in [2.45, 2.75) is 33.1 Å². The first-order valence-corrected chi connectivity index (χ1v) is 8.83. The van der Waals surface area contributed by atoms with E-state index in [0.717, 1.165) is 67.1 Å². The van der Waals surface area contributed by atoms with Gasteiger partial charge in [-0.3, -0.25) is 0 Å². The molecule has 1 saturated heterocycles. The first kappa shape index (κ1) is 17.0. The first-order chi connectivity index (χ1) is 11.7. The lowest BCUT2D eigenvalue weighted by Gasteiger charge is -2.31. The molecular weight excluding hydrogens is 302 g/mol. The van der Waals surface area contributed by atoms with Gasteiger partial charge in [0, 0.05) is 25.4 Å². The van der Waals surface area contributed by atoms with Crippen molar-refractivity contribution < 1.29 is 5.11 Å². The molecule has 3 rings (SSSR count). The SMILES string of the molecule is Cc1cc(C)c2c(NCCCN3CCC[C@H](CO)C3)ncnc2n1. The van der Waals surface area contributed by atoms with E-state index in [2.05, 4.69) is 38.2 Å². The van der Waals surface area contributed by atoms with Gasteiger partial charge < -0.3 is 15.3 Å². The Kier molecular flexibility index (Phi) is 5.58. The van der Waals surface area contributed by atoms with Crippen molar-refractivity contribution in [3.63, 3.8) is 0 Å². The summed E-state index contributed by atoms with van der Waals surface area (Å²) in [6, 6.07) is 2.07. The molecule has 0 aromatic carbocycles. The fourth-order valence-electron chi connectivity index (χ4n) is 3.56. The molecule has 6 nitrogen and oxygen atoms in total. The van der Waals surface area contributed by atoms with Gasteiger partial charge in [-0.15, -0.1) is 0 Å². The standard InChI is InChI=1S/C18H27N5O/c1-13-9-14(2)22-18-16(13)17(20-12-21-18)19-6-4-8-23-7-3-5-15(10-23)11-24/h9,12,15,24H,3-8,10-11H2,1-2H3,(H,19,20,21,22)/t15-/m0/s1. The summed E-state index contributed by atoms with van der Waals surface area (Å²) in [5.41, 5.74) is 2.89. The molecule has 0 spiro atoms. The number of piperidine rings is 1. The average Bonchev–Trinajstić information content (AvgIpc) is 2.58. The Balaban J connectivity index is 1.56. The average molecular weight is 329 g/mol. The highest BCUT2D eigenvalue weighted by Crippen LogP contribution is 2.22. The van der Waals surface area contributed by atoms with Crippen molar-refractivity contribution in [3.8, 4) is 0 Å². The molecule has 0 radical (unpaired) electrons. The Morgan fingerprint density at radius 1 is 1.33 bits per heavy atom. The second kappa shape index (κ2) is 7.85. The molecule has 2 N–H and O–H groups in total. The molecule has 2 aromatic heterocycles. The van der Waals surface area contributed by atoms with Crippen LogP contribution in [0.5, 0.6) is 0 Å². The Morgan fingerprint density at radius 2 is 2.21 bits per heavy atom. The molecule has 130 valence electrons. The zero-order valence-corrected chi connectivity index (χ0v) is 14.6. The van der Waals surface area contributed by atoms with E-state index in [-0.39, 0.29) is 0 Å². The van der Waals surface area contributed by atoms with Gasteiger partial charge in [-0.2, -0.15) is 0 Å². The van der Waals surface area contributed by atoms with Gasteiger partial charge in [0.25, 0.3) is 0 Å². The number of aromatic nitrogens is 3. The van der Waals surface area contributed by atoms with E-state index in [1.165, 1.54) is 6.42 Å². The maximum absolute atomic E-state index is 9.32. The van der Waals surface area contributed by atoms with Crippen LogP contribution in [0.15, 0.2) is 12.4 Å². The summed E-state index contributed by atoms with van der Waals surface area (Å²) in [5.74, 6) is 1.33. The quantitative estimate of drug-likeness (QED) is 0.791. The summed E-state index contributed by atoms with van der Waals surface area (Å²) in [5, 5.41) is 13.8. The molecule has 1 aliphatic rings. The second-order valence-electron chi connectivity index (χ2n) is 6.77. The number of hydrogen-bond donors (Lipinski definition) is 2. The summed E-state index contributed by atoms with van der Waals surface area (Å²) in [6.07, 6.45) is 4.98. The number of nitrogens with zero attached hydrogens (tertiary/aromatic N) is 4. The van der Waals surface area contributed by atoms with Crippen LogP contribution in [0.4, 0.5) is 5.82 Å². The minimum atomic E-state index is 0.313. The highest BCUT2D eigenvalue weighted by molar-refractivity contribution is 5.89. The third-order valence-electron chi connectivity index (χ3n) is 4.73. The van der Waals surface area contributed by atoms with E-state index >= 15 is 0 Å². The van der Waals surface area contributed by atoms with E-state index in [9.17, 15) is 5.11 Å².